The number of nitrogens with one attached hydrogen (secondary N) is 1. The van der Waals surface area contributed by atoms with E-state index in [1.54, 1.807) is 0 Å². The molecule has 0 heterocycles. The summed E-state index contributed by atoms with van der Waals surface area (Å²) in [4.78, 5) is 0. The van der Waals surface area contributed by atoms with Crippen molar-refractivity contribution in [3.63, 3.8) is 0 Å². The Kier molecular flexibility index (Phi) is 6.07. The van der Waals surface area contributed by atoms with Gasteiger partial charge in [0, 0.05) is 12.6 Å². The number of ether oxygens (including phenoxy) is 1. The second-order valence-corrected chi connectivity index (χ2v) is 2.88. The Hall–Kier alpha value is -0.290. The number of hydrogen-bond donors (Lipinski definition) is 1. The maximum Gasteiger partial charge on any atom is 0.390 e. The third-order valence-electron chi connectivity index (χ3n) is 1.55. The number of alkyl halides is 3. The zero-order valence-corrected chi connectivity index (χ0v) is 7.95. The van der Waals surface area contributed by atoms with Crippen LogP contribution in [0.3, 0.4) is 0 Å². The van der Waals surface area contributed by atoms with Gasteiger partial charge in [0.15, 0.2) is 0 Å². The highest BCUT2D eigenvalue weighted by molar-refractivity contribution is 4.68. The Morgan fingerprint density at radius 2 is 2.00 bits per heavy atom. The fraction of sp³-hybridized carbons (Fsp3) is 1.00. The van der Waals surface area contributed by atoms with E-state index in [4.69, 9.17) is 4.74 Å². The first-order valence-electron chi connectivity index (χ1n) is 4.31. The molecule has 0 amide bonds. The standard InChI is InChI=1S/C8H16F3NO/c1-3-4-13-6-7(12-2)5-8(9,10)11/h7,12H,3-6H2,1-2H3. The Morgan fingerprint density at radius 1 is 1.38 bits per heavy atom. The van der Waals surface area contributed by atoms with Crippen molar-refractivity contribution in [2.45, 2.75) is 32.0 Å². The normalized spacial score (nSPS) is 14.5. The average Bonchev–Trinajstić information content (AvgIpc) is 2.01. The second-order valence-electron chi connectivity index (χ2n) is 2.88. The largest absolute Gasteiger partial charge is 0.390 e. The summed E-state index contributed by atoms with van der Waals surface area (Å²) in [5, 5.41) is 2.57. The smallest absolute Gasteiger partial charge is 0.380 e. The van der Waals surface area contributed by atoms with Crippen LogP contribution in [0.4, 0.5) is 13.2 Å². The lowest BCUT2D eigenvalue weighted by molar-refractivity contribution is -0.143. The molecule has 0 aromatic rings. The van der Waals surface area contributed by atoms with Gasteiger partial charge in [-0.1, -0.05) is 6.92 Å². The Bertz CT molecular complexity index is 127. The molecule has 13 heavy (non-hydrogen) atoms. The Labute approximate surface area is 76.5 Å². The molecular formula is C8H16F3NO. The molecule has 0 rings (SSSR count). The van der Waals surface area contributed by atoms with Crippen molar-refractivity contribution in [2.24, 2.45) is 0 Å². The molecule has 1 atom stereocenters. The molecule has 80 valence electrons. The number of rotatable bonds is 6. The van der Waals surface area contributed by atoms with Crippen molar-refractivity contribution in [2.75, 3.05) is 20.3 Å². The fourth-order valence-corrected chi connectivity index (χ4v) is 0.894. The van der Waals surface area contributed by atoms with Gasteiger partial charge in [-0.3, -0.25) is 0 Å². The van der Waals surface area contributed by atoms with E-state index < -0.39 is 18.6 Å². The van der Waals surface area contributed by atoms with Crippen LogP contribution in [0.15, 0.2) is 0 Å². The van der Waals surface area contributed by atoms with Crippen LogP contribution in [0, 0.1) is 0 Å². The Morgan fingerprint density at radius 3 is 2.38 bits per heavy atom. The molecule has 0 aliphatic carbocycles. The van der Waals surface area contributed by atoms with E-state index >= 15 is 0 Å². The molecule has 0 aromatic carbocycles. The molecule has 0 saturated heterocycles. The third kappa shape index (κ3) is 8.05. The van der Waals surface area contributed by atoms with E-state index in [1.807, 2.05) is 6.92 Å². The van der Waals surface area contributed by atoms with Crippen LogP contribution in [0.5, 0.6) is 0 Å². The van der Waals surface area contributed by atoms with Gasteiger partial charge in [-0.15, -0.1) is 0 Å². The number of likely N-dealkylation sites (N-methyl/N-ethyl adjacent to an activating group) is 1. The minimum absolute atomic E-state index is 0.115. The lowest BCUT2D eigenvalue weighted by Crippen LogP contribution is -2.35. The predicted octanol–water partition coefficient (Wildman–Crippen LogP) is 1.95. The number of halogens is 3. The molecular weight excluding hydrogens is 183 g/mol. The van der Waals surface area contributed by atoms with E-state index in [0.29, 0.717) is 6.61 Å². The first kappa shape index (κ1) is 12.7. The minimum Gasteiger partial charge on any atom is -0.380 e. The first-order chi connectivity index (χ1) is 5.99. The molecule has 0 aliphatic rings. The van der Waals surface area contributed by atoms with Crippen molar-refractivity contribution >= 4 is 0 Å². The highest BCUT2D eigenvalue weighted by Crippen LogP contribution is 2.21. The lowest BCUT2D eigenvalue weighted by atomic mass is 10.2. The zero-order valence-electron chi connectivity index (χ0n) is 7.95. The van der Waals surface area contributed by atoms with Crippen LogP contribution in [0.1, 0.15) is 19.8 Å². The van der Waals surface area contributed by atoms with Crippen LogP contribution in [0.25, 0.3) is 0 Å². The minimum atomic E-state index is -4.12. The molecule has 1 N–H and O–H groups in total. The number of hydrogen-bond acceptors (Lipinski definition) is 2. The lowest BCUT2D eigenvalue weighted by Gasteiger charge is -2.17. The maximum absolute atomic E-state index is 11.9. The second kappa shape index (κ2) is 6.21. The molecule has 0 radical (unpaired) electrons. The molecule has 0 fully saturated rings. The zero-order chi connectivity index (χ0) is 10.3. The SMILES string of the molecule is CCCOCC(CC(F)(F)F)NC. The van der Waals surface area contributed by atoms with E-state index in [1.165, 1.54) is 7.05 Å². The van der Waals surface area contributed by atoms with Crippen molar-refractivity contribution in [1.82, 2.24) is 5.32 Å². The van der Waals surface area contributed by atoms with Crippen molar-refractivity contribution in [3.8, 4) is 0 Å². The predicted molar refractivity (Wildman–Crippen MR) is 44.6 cm³/mol. The average molecular weight is 199 g/mol. The van der Waals surface area contributed by atoms with Gasteiger partial charge in [-0.2, -0.15) is 13.2 Å². The van der Waals surface area contributed by atoms with Crippen molar-refractivity contribution in [3.05, 3.63) is 0 Å². The van der Waals surface area contributed by atoms with Crippen molar-refractivity contribution < 1.29 is 17.9 Å². The van der Waals surface area contributed by atoms with Crippen LogP contribution < -0.4 is 5.32 Å². The van der Waals surface area contributed by atoms with E-state index in [2.05, 4.69) is 5.32 Å². The molecule has 0 bridgehead atoms. The maximum atomic E-state index is 11.9. The summed E-state index contributed by atoms with van der Waals surface area (Å²) in [7, 11) is 1.51. The van der Waals surface area contributed by atoms with Crippen LogP contribution in [-0.4, -0.2) is 32.5 Å². The summed E-state index contributed by atoms with van der Waals surface area (Å²) in [6.07, 6.45) is -4.14. The molecule has 0 aromatic heterocycles. The van der Waals surface area contributed by atoms with Gasteiger partial charge in [-0.05, 0) is 13.5 Å². The van der Waals surface area contributed by atoms with Crippen LogP contribution >= 0.6 is 0 Å². The molecule has 0 saturated carbocycles. The molecule has 0 aliphatic heterocycles. The summed E-state index contributed by atoms with van der Waals surface area (Å²) in [6, 6.07) is -0.633. The first-order valence-corrected chi connectivity index (χ1v) is 4.31. The van der Waals surface area contributed by atoms with Gasteiger partial charge in [0.25, 0.3) is 0 Å². The van der Waals surface area contributed by atoms with Crippen LogP contribution in [-0.2, 0) is 4.74 Å². The third-order valence-corrected chi connectivity index (χ3v) is 1.55. The van der Waals surface area contributed by atoms with Gasteiger partial charge in [-0.25, -0.2) is 0 Å². The molecule has 1 unspecified atom stereocenters. The fourth-order valence-electron chi connectivity index (χ4n) is 0.894. The summed E-state index contributed by atoms with van der Waals surface area (Å²) in [5.74, 6) is 0. The topological polar surface area (TPSA) is 21.3 Å². The molecule has 2 nitrogen and oxygen atoms in total. The van der Waals surface area contributed by atoms with Crippen molar-refractivity contribution in [1.29, 1.82) is 0 Å². The Balaban J connectivity index is 3.63. The van der Waals surface area contributed by atoms with Crippen LogP contribution in [0.2, 0.25) is 0 Å². The summed E-state index contributed by atoms with van der Waals surface area (Å²) in [5.41, 5.74) is 0. The van der Waals surface area contributed by atoms with Gasteiger partial charge in [0.2, 0.25) is 0 Å². The van der Waals surface area contributed by atoms with Gasteiger partial charge in [0.05, 0.1) is 13.0 Å². The molecule has 5 heteroatoms. The van der Waals surface area contributed by atoms with E-state index in [-0.39, 0.29) is 6.61 Å². The highest BCUT2D eigenvalue weighted by Gasteiger charge is 2.31. The summed E-state index contributed by atoms with van der Waals surface area (Å²) in [6.45, 7) is 2.54. The quantitative estimate of drug-likeness (QED) is 0.660. The van der Waals surface area contributed by atoms with E-state index in [0.717, 1.165) is 6.42 Å². The van der Waals surface area contributed by atoms with Gasteiger partial charge < -0.3 is 10.1 Å². The monoisotopic (exact) mass is 199 g/mol. The van der Waals surface area contributed by atoms with E-state index in [9.17, 15) is 13.2 Å². The molecule has 0 spiro atoms. The highest BCUT2D eigenvalue weighted by atomic mass is 19.4. The van der Waals surface area contributed by atoms with Gasteiger partial charge in [0.1, 0.15) is 0 Å². The summed E-state index contributed by atoms with van der Waals surface area (Å²) < 4.78 is 40.7. The van der Waals surface area contributed by atoms with Gasteiger partial charge >= 0.3 is 6.18 Å². The summed E-state index contributed by atoms with van der Waals surface area (Å²) >= 11 is 0.